The molecule has 0 amide bonds. The Hall–Kier alpha value is -6.92. The van der Waals surface area contributed by atoms with E-state index in [1.165, 1.54) is 0 Å². The molecular formula is C44H28N4O2. The SMILES string of the molecule is c1ccc(-c2nc(-c3ccc(N4c5ccccc5Oc5ccccc54)cc3)c3ccc(N4c5ccccc5Oc5ccccc54)cc3n2)cc1. The van der Waals surface area contributed by atoms with E-state index in [2.05, 4.69) is 88.7 Å². The van der Waals surface area contributed by atoms with Crippen molar-refractivity contribution in [2.75, 3.05) is 9.80 Å². The second kappa shape index (κ2) is 11.4. The van der Waals surface area contributed by atoms with Crippen molar-refractivity contribution in [1.82, 2.24) is 9.97 Å². The summed E-state index contributed by atoms with van der Waals surface area (Å²) in [6.07, 6.45) is 0. The van der Waals surface area contributed by atoms with Crippen LogP contribution in [0.5, 0.6) is 23.0 Å². The van der Waals surface area contributed by atoms with Gasteiger partial charge in [0.2, 0.25) is 0 Å². The van der Waals surface area contributed by atoms with Crippen LogP contribution in [0.4, 0.5) is 34.1 Å². The topological polar surface area (TPSA) is 50.7 Å². The summed E-state index contributed by atoms with van der Waals surface area (Å²) in [7, 11) is 0. The van der Waals surface area contributed by atoms with E-state index in [9.17, 15) is 0 Å². The largest absolute Gasteiger partial charge is 0.453 e. The molecule has 0 radical (unpaired) electrons. The highest BCUT2D eigenvalue weighted by Crippen LogP contribution is 2.52. The van der Waals surface area contributed by atoms with Crippen molar-refractivity contribution in [3.8, 4) is 45.6 Å². The number of para-hydroxylation sites is 8. The van der Waals surface area contributed by atoms with Gasteiger partial charge in [-0.1, -0.05) is 91.0 Å². The third-order valence-corrected chi connectivity index (χ3v) is 9.23. The van der Waals surface area contributed by atoms with Gasteiger partial charge in [0, 0.05) is 27.9 Å². The minimum atomic E-state index is 0.674. The van der Waals surface area contributed by atoms with Crippen molar-refractivity contribution in [1.29, 1.82) is 0 Å². The van der Waals surface area contributed by atoms with E-state index >= 15 is 0 Å². The molecule has 0 bridgehead atoms. The summed E-state index contributed by atoms with van der Waals surface area (Å²) in [5.41, 5.74) is 9.66. The highest BCUT2D eigenvalue weighted by atomic mass is 16.5. The van der Waals surface area contributed by atoms with Crippen molar-refractivity contribution in [2.24, 2.45) is 0 Å². The van der Waals surface area contributed by atoms with E-state index in [1.807, 2.05) is 91.0 Å². The molecule has 2 aliphatic rings. The molecule has 7 aromatic carbocycles. The lowest BCUT2D eigenvalue weighted by Gasteiger charge is -2.33. The van der Waals surface area contributed by atoms with Crippen molar-refractivity contribution in [3.63, 3.8) is 0 Å². The van der Waals surface area contributed by atoms with Crippen LogP contribution in [0.2, 0.25) is 0 Å². The maximum atomic E-state index is 6.29. The molecular weight excluding hydrogens is 617 g/mol. The van der Waals surface area contributed by atoms with Gasteiger partial charge in [-0.05, 0) is 78.9 Å². The van der Waals surface area contributed by atoms with Gasteiger partial charge in [0.15, 0.2) is 28.8 Å². The Balaban J connectivity index is 1.12. The van der Waals surface area contributed by atoms with Crippen LogP contribution in [0.3, 0.4) is 0 Å². The van der Waals surface area contributed by atoms with Crippen LogP contribution in [0, 0.1) is 0 Å². The summed E-state index contributed by atoms with van der Waals surface area (Å²) in [4.78, 5) is 14.8. The van der Waals surface area contributed by atoms with Crippen LogP contribution in [-0.2, 0) is 0 Å². The van der Waals surface area contributed by atoms with Gasteiger partial charge in [0.25, 0.3) is 0 Å². The molecule has 10 rings (SSSR count). The average molecular weight is 645 g/mol. The highest BCUT2D eigenvalue weighted by molar-refractivity contribution is 5.98. The van der Waals surface area contributed by atoms with Crippen LogP contribution >= 0.6 is 0 Å². The fourth-order valence-corrected chi connectivity index (χ4v) is 6.93. The zero-order valence-electron chi connectivity index (χ0n) is 26.8. The van der Waals surface area contributed by atoms with Gasteiger partial charge in [-0.15, -0.1) is 0 Å². The standard InChI is InChI=1S/C44H28N4O2/c1-2-12-30(13-3-1)44-45-34-28-32(48-37-16-6-10-20-41(37)50-42-21-11-7-17-38(42)48)26-27-33(34)43(46-44)29-22-24-31(25-23-29)47-35-14-4-8-18-39(35)49-40-19-9-5-15-36(40)47/h1-28H. The molecule has 3 heterocycles. The summed E-state index contributed by atoms with van der Waals surface area (Å²) >= 11 is 0. The second-order valence-electron chi connectivity index (χ2n) is 12.3. The molecule has 8 aromatic rings. The molecule has 2 aliphatic heterocycles. The van der Waals surface area contributed by atoms with Crippen LogP contribution in [0.1, 0.15) is 0 Å². The van der Waals surface area contributed by atoms with E-state index in [0.29, 0.717) is 5.82 Å². The molecule has 50 heavy (non-hydrogen) atoms. The number of anilines is 6. The van der Waals surface area contributed by atoms with Gasteiger partial charge >= 0.3 is 0 Å². The van der Waals surface area contributed by atoms with Crippen LogP contribution in [-0.4, -0.2) is 9.97 Å². The van der Waals surface area contributed by atoms with Gasteiger partial charge in [-0.2, -0.15) is 0 Å². The minimum Gasteiger partial charge on any atom is -0.453 e. The molecule has 6 nitrogen and oxygen atoms in total. The summed E-state index contributed by atoms with van der Waals surface area (Å²) in [6.45, 7) is 0. The smallest absolute Gasteiger partial charge is 0.160 e. The molecule has 0 saturated carbocycles. The number of rotatable bonds is 4. The maximum Gasteiger partial charge on any atom is 0.160 e. The Morgan fingerprint density at radius 3 is 1.38 bits per heavy atom. The lowest BCUT2D eigenvalue weighted by molar-refractivity contribution is 0.477. The first-order chi connectivity index (χ1) is 24.8. The number of hydrogen-bond acceptors (Lipinski definition) is 6. The van der Waals surface area contributed by atoms with Crippen molar-refractivity contribution in [2.45, 2.75) is 0 Å². The monoisotopic (exact) mass is 644 g/mol. The summed E-state index contributed by atoms with van der Waals surface area (Å²) < 4.78 is 12.5. The normalized spacial score (nSPS) is 12.6. The number of fused-ring (bicyclic) bond motifs is 5. The van der Waals surface area contributed by atoms with Crippen LogP contribution in [0.15, 0.2) is 170 Å². The molecule has 0 aliphatic carbocycles. The van der Waals surface area contributed by atoms with E-state index in [0.717, 1.165) is 84.8 Å². The number of nitrogens with zero attached hydrogens (tertiary/aromatic N) is 4. The zero-order chi connectivity index (χ0) is 33.0. The molecule has 0 unspecified atom stereocenters. The Bertz CT molecular complexity index is 2480. The fourth-order valence-electron chi connectivity index (χ4n) is 6.93. The van der Waals surface area contributed by atoms with E-state index in [4.69, 9.17) is 19.4 Å². The molecule has 0 atom stereocenters. The zero-order valence-corrected chi connectivity index (χ0v) is 26.8. The quantitative estimate of drug-likeness (QED) is 0.190. The van der Waals surface area contributed by atoms with Gasteiger partial charge in [-0.3, -0.25) is 0 Å². The second-order valence-corrected chi connectivity index (χ2v) is 12.3. The first-order valence-corrected chi connectivity index (χ1v) is 16.6. The summed E-state index contributed by atoms with van der Waals surface area (Å²) in [6, 6.07) is 57.7. The van der Waals surface area contributed by atoms with Crippen molar-refractivity contribution >= 4 is 45.0 Å². The van der Waals surface area contributed by atoms with E-state index in [-0.39, 0.29) is 0 Å². The Kier molecular flexibility index (Phi) is 6.39. The number of ether oxygens (including phenoxy) is 2. The van der Waals surface area contributed by atoms with Crippen LogP contribution in [0.25, 0.3) is 33.5 Å². The van der Waals surface area contributed by atoms with Crippen molar-refractivity contribution in [3.05, 3.63) is 170 Å². The average Bonchev–Trinajstić information content (AvgIpc) is 3.18. The number of aromatic nitrogens is 2. The summed E-state index contributed by atoms with van der Waals surface area (Å²) in [5.74, 6) is 3.94. The molecule has 0 N–H and O–H groups in total. The Morgan fingerprint density at radius 1 is 0.380 bits per heavy atom. The number of benzene rings is 7. The van der Waals surface area contributed by atoms with Crippen LogP contribution < -0.4 is 19.3 Å². The van der Waals surface area contributed by atoms with Gasteiger partial charge in [-0.25, -0.2) is 9.97 Å². The summed E-state index contributed by atoms with van der Waals surface area (Å²) in [5, 5.41) is 0.970. The van der Waals surface area contributed by atoms with E-state index < -0.39 is 0 Å². The molecule has 0 saturated heterocycles. The molecule has 0 spiro atoms. The first-order valence-electron chi connectivity index (χ1n) is 16.6. The predicted octanol–water partition coefficient (Wildman–Crippen LogP) is 12.1. The first kappa shape index (κ1) is 28.1. The fraction of sp³-hybridized carbons (Fsp3) is 0. The highest BCUT2D eigenvalue weighted by Gasteiger charge is 2.27. The van der Waals surface area contributed by atoms with E-state index in [1.54, 1.807) is 0 Å². The number of hydrogen-bond donors (Lipinski definition) is 0. The lowest BCUT2D eigenvalue weighted by atomic mass is 10.0. The van der Waals surface area contributed by atoms with Gasteiger partial charge in [0.1, 0.15) is 0 Å². The minimum absolute atomic E-state index is 0.674. The predicted molar refractivity (Wildman–Crippen MR) is 200 cm³/mol. The molecule has 1 aromatic heterocycles. The third-order valence-electron chi connectivity index (χ3n) is 9.23. The van der Waals surface area contributed by atoms with Gasteiger partial charge < -0.3 is 19.3 Å². The maximum absolute atomic E-state index is 6.29. The van der Waals surface area contributed by atoms with Gasteiger partial charge in [0.05, 0.1) is 34.0 Å². The Morgan fingerprint density at radius 2 is 0.840 bits per heavy atom. The van der Waals surface area contributed by atoms with Crippen molar-refractivity contribution < 1.29 is 9.47 Å². The Labute approximate surface area is 289 Å². The lowest BCUT2D eigenvalue weighted by Crippen LogP contribution is -2.15. The third kappa shape index (κ3) is 4.58. The molecule has 236 valence electrons. The molecule has 0 fully saturated rings. The molecule has 6 heteroatoms.